The van der Waals surface area contributed by atoms with Gasteiger partial charge >= 0.3 is 6.09 Å². The van der Waals surface area contributed by atoms with E-state index in [-0.39, 0.29) is 24.4 Å². The van der Waals surface area contributed by atoms with Gasteiger partial charge in [0.1, 0.15) is 17.6 Å². The van der Waals surface area contributed by atoms with Crippen LogP contribution in [0.3, 0.4) is 0 Å². The molecule has 0 aromatic heterocycles. The third-order valence-corrected chi connectivity index (χ3v) is 4.71. The number of alkyl halides is 1. The van der Waals surface area contributed by atoms with Crippen molar-refractivity contribution in [3.8, 4) is 0 Å². The highest BCUT2D eigenvalue weighted by Gasteiger charge is 2.28. The zero-order valence-corrected chi connectivity index (χ0v) is 17.5. The number of fused-ring (bicyclic) bond motifs is 1. The normalized spacial score (nSPS) is 16.6. The van der Waals surface area contributed by atoms with Crippen molar-refractivity contribution < 1.29 is 23.1 Å². The maximum atomic E-state index is 14.5. The van der Waals surface area contributed by atoms with E-state index in [2.05, 4.69) is 21.2 Å². The maximum Gasteiger partial charge on any atom is 0.407 e. The summed E-state index contributed by atoms with van der Waals surface area (Å²) in [6, 6.07) is 2.34. The fraction of sp³-hybridized carbons (Fsp3) is 0.579. The van der Waals surface area contributed by atoms with Gasteiger partial charge in [-0.15, -0.1) is 0 Å². The van der Waals surface area contributed by atoms with Gasteiger partial charge in [-0.1, -0.05) is 0 Å². The zero-order chi connectivity index (χ0) is 20.4. The number of alkyl carbamates (subject to hydrolysis) is 1. The number of halogens is 3. The molecule has 0 spiro atoms. The number of hydrogen-bond acceptors (Lipinski definition) is 3. The molecule has 0 saturated heterocycles. The number of nitrogens with zero attached hydrogens (tertiary/aromatic N) is 1. The van der Waals surface area contributed by atoms with Crippen LogP contribution in [0.4, 0.5) is 13.6 Å². The Morgan fingerprint density at radius 2 is 2.07 bits per heavy atom. The van der Waals surface area contributed by atoms with E-state index in [9.17, 15) is 18.4 Å². The van der Waals surface area contributed by atoms with Crippen molar-refractivity contribution in [1.82, 2.24) is 10.2 Å². The number of benzene rings is 1. The average molecular weight is 447 g/mol. The number of amides is 2. The largest absolute Gasteiger partial charge is 0.444 e. The fourth-order valence-corrected chi connectivity index (χ4v) is 3.35. The molecule has 2 amide bonds. The van der Waals surface area contributed by atoms with E-state index in [1.54, 1.807) is 33.8 Å². The molecule has 150 valence electrons. The molecule has 0 aliphatic carbocycles. The van der Waals surface area contributed by atoms with E-state index < -0.39 is 29.7 Å². The van der Waals surface area contributed by atoms with Crippen LogP contribution in [0.15, 0.2) is 16.6 Å². The third kappa shape index (κ3) is 6.16. The average Bonchev–Trinajstić information content (AvgIpc) is 2.50. The molecule has 1 aliphatic heterocycles. The van der Waals surface area contributed by atoms with E-state index in [0.717, 1.165) is 5.56 Å². The maximum absolute atomic E-state index is 14.5. The number of carbonyl (C=O) groups is 2. The van der Waals surface area contributed by atoms with Crippen LogP contribution in [0.25, 0.3) is 0 Å². The fourth-order valence-electron chi connectivity index (χ4n) is 2.96. The minimum Gasteiger partial charge on any atom is -0.444 e. The van der Waals surface area contributed by atoms with Gasteiger partial charge < -0.3 is 15.0 Å². The van der Waals surface area contributed by atoms with Gasteiger partial charge in [0.25, 0.3) is 5.91 Å². The summed E-state index contributed by atoms with van der Waals surface area (Å²) in [6.45, 7) is 7.19. The van der Waals surface area contributed by atoms with Crippen LogP contribution in [0.2, 0.25) is 0 Å². The highest BCUT2D eigenvalue weighted by Crippen LogP contribution is 2.26. The summed E-state index contributed by atoms with van der Waals surface area (Å²) in [5.74, 6) is -0.894. The van der Waals surface area contributed by atoms with Gasteiger partial charge in [-0.25, -0.2) is 13.6 Å². The second-order valence-electron chi connectivity index (χ2n) is 7.80. The molecule has 0 unspecified atom stereocenters. The lowest BCUT2D eigenvalue weighted by molar-refractivity contribution is 0.0490. The van der Waals surface area contributed by atoms with Crippen LogP contribution in [-0.4, -0.2) is 47.8 Å². The molecular weight excluding hydrogens is 422 g/mol. The topological polar surface area (TPSA) is 58.6 Å². The van der Waals surface area contributed by atoms with Gasteiger partial charge in [0, 0.05) is 24.6 Å². The summed E-state index contributed by atoms with van der Waals surface area (Å²) in [5, 5.41) is 2.59. The van der Waals surface area contributed by atoms with Crippen LogP contribution in [0.5, 0.6) is 0 Å². The number of hydrogen-bond donors (Lipinski definition) is 1. The number of ether oxygens (including phenoxy) is 1. The molecule has 8 heteroatoms. The van der Waals surface area contributed by atoms with E-state index in [1.165, 1.54) is 11.0 Å². The summed E-state index contributed by atoms with van der Waals surface area (Å²) in [4.78, 5) is 25.6. The Balaban J connectivity index is 1.90. The van der Waals surface area contributed by atoms with Gasteiger partial charge in [0.2, 0.25) is 0 Å². The predicted molar refractivity (Wildman–Crippen MR) is 102 cm³/mol. The van der Waals surface area contributed by atoms with Gasteiger partial charge in [-0.2, -0.15) is 0 Å². The van der Waals surface area contributed by atoms with Crippen molar-refractivity contribution in [3.05, 3.63) is 33.5 Å². The van der Waals surface area contributed by atoms with Crippen molar-refractivity contribution in [2.45, 2.75) is 58.4 Å². The molecule has 0 saturated carbocycles. The van der Waals surface area contributed by atoms with Crippen molar-refractivity contribution in [2.75, 3.05) is 13.1 Å². The molecule has 1 aliphatic rings. The van der Waals surface area contributed by atoms with Gasteiger partial charge in [0.05, 0.1) is 11.0 Å². The molecular formula is C19H25BrF2N2O3. The first-order chi connectivity index (χ1) is 12.5. The monoisotopic (exact) mass is 446 g/mol. The van der Waals surface area contributed by atoms with Gasteiger partial charge in [-0.05, 0) is 67.7 Å². The number of nitrogens with one attached hydrogen (secondary N) is 1. The number of rotatable bonds is 5. The highest BCUT2D eigenvalue weighted by molar-refractivity contribution is 9.10. The third-order valence-electron chi connectivity index (χ3n) is 4.11. The summed E-state index contributed by atoms with van der Waals surface area (Å²) in [5.41, 5.74) is 0.394. The molecule has 0 bridgehead atoms. The molecule has 1 aromatic carbocycles. The SMILES string of the molecule is C[C@@H](C[C@@H](F)CN1CCc2cc(Br)c(F)cc2C1=O)NC(=O)OC(C)(C)C. The van der Waals surface area contributed by atoms with Crippen molar-refractivity contribution in [3.63, 3.8) is 0 Å². The van der Waals surface area contributed by atoms with Gasteiger partial charge in [0.15, 0.2) is 0 Å². The first kappa shape index (κ1) is 21.6. The van der Waals surface area contributed by atoms with E-state index in [1.807, 2.05) is 0 Å². The van der Waals surface area contributed by atoms with Crippen LogP contribution in [0, 0.1) is 5.82 Å². The first-order valence-corrected chi connectivity index (χ1v) is 9.66. The smallest absolute Gasteiger partial charge is 0.407 e. The Morgan fingerprint density at radius 3 is 2.70 bits per heavy atom. The summed E-state index contributed by atoms with van der Waals surface area (Å²) in [6.07, 6.45) is -1.34. The lowest BCUT2D eigenvalue weighted by Crippen LogP contribution is -2.43. The molecule has 2 atom stereocenters. The quantitative estimate of drug-likeness (QED) is 0.735. The minimum absolute atomic E-state index is 0.0462. The van der Waals surface area contributed by atoms with E-state index in [4.69, 9.17) is 4.74 Å². The molecule has 27 heavy (non-hydrogen) atoms. The van der Waals surface area contributed by atoms with Crippen LogP contribution >= 0.6 is 15.9 Å². The Kier molecular flexibility index (Phi) is 6.83. The second kappa shape index (κ2) is 8.54. The van der Waals surface area contributed by atoms with E-state index >= 15 is 0 Å². The zero-order valence-electron chi connectivity index (χ0n) is 15.9. The first-order valence-electron chi connectivity index (χ1n) is 8.87. The molecule has 1 aromatic rings. The highest BCUT2D eigenvalue weighted by atomic mass is 79.9. The minimum atomic E-state index is -1.32. The predicted octanol–water partition coefficient (Wildman–Crippen LogP) is 4.23. The van der Waals surface area contributed by atoms with E-state index in [0.29, 0.717) is 17.4 Å². The van der Waals surface area contributed by atoms with Crippen molar-refractivity contribution >= 4 is 27.9 Å². The Bertz CT molecular complexity index is 722. The molecule has 1 N–H and O–H groups in total. The Hall–Kier alpha value is -1.70. The Morgan fingerprint density at radius 1 is 1.41 bits per heavy atom. The van der Waals surface area contributed by atoms with Crippen LogP contribution in [-0.2, 0) is 11.2 Å². The molecule has 2 rings (SSSR count). The molecule has 0 radical (unpaired) electrons. The summed E-state index contributed by atoms with van der Waals surface area (Å²) in [7, 11) is 0. The molecule has 1 heterocycles. The lowest BCUT2D eigenvalue weighted by atomic mass is 9.98. The van der Waals surface area contributed by atoms with Gasteiger partial charge in [-0.3, -0.25) is 4.79 Å². The second-order valence-corrected chi connectivity index (χ2v) is 8.66. The molecule has 5 nitrogen and oxygen atoms in total. The number of carbonyl (C=O) groups excluding carboxylic acids is 2. The van der Waals surface area contributed by atoms with Crippen LogP contribution in [0.1, 0.15) is 50.0 Å². The Labute approximate surface area is 166 Å². The standard InChI is InChI=1S/C19H25BrF2N2O3/c1-11(23-18(26)27-19(2,3)4)7-13(21)10-24-6-5-12-8-15(20)16(22)9-14(12)17(24)25/h8-9,11,13H,5-7,10H2,1-4H3,(H,23,26)/t11-,13+/m0/s1. The summed E-state index contributed by atoms with van der Waals surface area (Å²) < 4.78 is 33.6. The lowest BCUT2D eigenvalue weighted by Gasteiger charge is -2.30. The van der Waals surface area contributed by atoms with Crippen molar-refractivity contribution in [2.24, 2.45) is 0 Å². The summed E-state index contributed by atoms with van der Waals surface area (Å²) >= 11 is 3.11. The van der Waals surface area contributed by atoms with Crippen LogP contribution < -0.4 is 5.32 Å². The van der Waals surface area contributed by atoms with Crippen molar-refractivity contribution in [1.29, 1.82) is 0 Å². The molecule has 0 fully saturated rings.